The zero-order valence-corrected chi connectivity index (χ0v) is 19.1. The van der Waals surface area contributed by atoms with Gasteiger partial charge in [0.15, 0.2) is 0 Å². The summed E-state index contributed by atoms with van der Waals surface area (Å²) in [4.78, 5) is 23.1. The fraction of sp³-hybridized carbons (Fsp3) is 0.913. The quantitative estimate of drug-likeness (QED) is 0.133. The molecule has 0 heterocycles. The number of carbonyl (C=O) groups is 2. The molecule has 0 aromatic rings. The Morgan fingerprint density at radius 2 is 1.13 bits per heavy atom. The molecule has 8 nitrogen and oxygen atoms in total. The van der Waals surface area contributed by atoms with Crippen LogP contribution in [0.5, 0.6) is 0 Å². The number of carboxylic acid groups (broad SMARTS) is 1. The number of carbonyl (C=O) groups excluding carboxylic acids is 1. The van der Waals surface area contributed by atoms with Gasteiger partial charge in [-0.15, -0.1) is 0 Å². The zero-order valence-electron chi connectivity index (χ0n) is 19.1. The highest BCUT2D eigenvalue weighted by Crippen LogP contribution is 2.14. The number of hydrogen-bond donors (Lipinski definition) is 5. The van der Waals surface area contributed by atoms with E-state index in [4.69, 9.17) is 14.9 Å². The largest absolute Gasteiger partial charge is 0.478 e. The van der Waals surface area contributed by atoms with Gasteiger partial charge in [0.05, 0.1) is 6.61 Å². The van der Waals surface area contributed by atoms with Gasteiger partial charge in [-0.1, -0.05) is 90.4 Å². The second kappa shape index (κ2) is 19.5. The molecule has 0 saturated carbocycles. The minimum atomic E-state index is -2.04. The van der Waals surface area contributed by atoms with Crippen LogP contribution in [-0.4, -0.2) is 68.5 Å². The third kappa shape index (κ3) is 15.3. The van der Waals surface area contributed by atoms with Crippen LogP contribution in [0.3, 0.4) is 0 Å². The van der Waals surface area contributed by atoms with E-state index in [9.17, 15) is 24.9 Å². The lowest BCUT2D eigenvalue weighted by atomic mass is 10.0. The summed E-state index contributed by atoms with van der Waals surface area (Å²) in [5.74, 6) is -2.41. The molecular weight excluding hydrogens is 404 g/mol. The van der Waals surface area contributed by atoms with Crippen LogP contribution in [0, 0.1) is 0 Å². The average molecular weight is 449 g/mol. The number of aliphatic hydroxyl groups excluding tert-OH is 4. The van der Waals surface area contributed by atoms with Crippen molar-refractivity contribution in [1.82, 2.24) is 0 Å². The molecule has 0 fully saturated rings. The van der Waals surface area contributed by atoms with Crippen LogP contribution in [0.2, 0.25) is 0 Å². The molecule has 0 saturated heterocycles. The monoisotopic (exact) mass is 448 g/mol. The Morgan fingerprint density at radius 1 is 0.710 bits per heavy atom. The second-order valence-electron chi connectivity index (χ2n) is 8.33. The van der Waals surface area contributed by atoms with Crippen molar-refractivity contribution in [3.05, 3.63) is 0 Å². The van der Waals surface area contributed by atoms with Crippen molar-refractivity contribution >= 4 is 11.9 Å². The van der Waals surface area contributed by atoms with Gasteiger partial charge in [0, 0.05) is 6.42 Å². The number of aliphatic carboxylic acids is 1. The molecule has 4 atom stereocenters. The van der Waals surface area contributed by atoms with Gasteiger partial charge in [-0.05, 0) is 6.42 Å². The van der Waals surface area contributed by atoms with Gasteiger partial charge in [0.25, 0.3) is 0 Å². The summed E-state index contributed by atoms with van der Waals surface area (Å²) in [5, 5.41) is 46.6. The van der Waals surface area contributed by atoms with Crippen molar-refractivity contribution in [3.63, 3.8) is 0 Å². The summed E-state index contributed by atoms with van der Waals surface area (Å²) in [5.41, 5.74) is 0. The Morgan fingerprint density at radius 3 is 1.52 bits per heavy atom. The number of esters is 1. The van der Waals surface area contributed by atoms with E-state index in [0.717, 1.165) is 19.3 Å². The maximum absolute atomic E-state index is 11.9. The zero-order chi connectivity index (χ0) is 23.5. The number of rotatable bonds is 21. The van der Waals surface area contributed by atoms with Crippen LogP contribution in [0.25, 0.3) is 0 Å². The molecule has 0 bridgehead atoms. The van der Waals surface area contributed by atoms with E-state index in [1.165, 1.54) is 64.2 Å². The van der Waals surface area contributed by atoms with E-state index >= 15 is 0 Å². The fourth-order valence-electron chi connectivity index (χ4n) is 3.45. The molecule has 0 aromatic carbocycles. The number of hydrogen-bond acceptors (Lipinski definition) is 7. The maximum Gasteiger partial charge on any atom is 0.347 e. The number of ether oxygens (including phenoxy) is 1. The molecule has 31 heavy (non-hydrogen) atoms. The first-order valence-electron chi connectivity index (χ1n) is 11.9. The summed E-state index contributed by atoms with van der Waals surface area (Å²) >= 11 is 0. The SMILES string of the molecule is CCCCCCCCCCCCCCCCC(=O)O[C@@H](C(=O)O)[C@@H](O)[C@@H](O)[C@H](O)CO. The van der Waals surface area contributed by atoms with Crippen LogP contribution < -0.4 is 0 Å². The molecule has 0 aliphatic heterocycles. The van der Waals surface area contributed by atoms with E-state index in [0.29, 0.717) is 6.42 Å². The summed E-state index contributed by atoms with van der Waals surface area (Å²) in [7, 11) is 0. The minimum absolute atomic E-state index is 0.0210. The van der Waals surface area contributed by atoms with Crippen molar-refractivity contribution in [2.24, 2.45) is 0 Å². The van der Waals surface area contributed by atoms with Crippen LogP contribution in [-0.2, 0) is 14.3 Å². The maximum atomic E-state index is 11.9. The van der Waals surface area contributed by atoms with Crippen molar-refractivity contribution in [2.75, 3.05) is 6.61 Å². The Bertz CT molecular complexity index is 457. The first-order chi connectivity index (χ1) is 14.8. The Kier molecular flexibility index (Phi) is 18.7. The van der Waals surface area contributed by atoms with Crippen molar-refractivity contribution in [1.29, 1.82) is 0 Å². The van der Waals surface area contributed by atoms with Crippen LogP contribution in [0.1, 0.15) is 103 Å². The Labute approximate surface area is 186 Å². The van der Waals surface area contributed by atoms with E-state index in [1.54, 1.807) is 0 Å². The smallest absolute Gasteiger partial charge is 0.347 e. The number of unbranched alkanes of at least 4 members (excludes halogenated alkanes) is 13. The Balaban J connectivity index is 3.79. The molecular formula is C23H44O8. The second-order valence-corrected chi connectivity index (χ2v) is 8.33. The molecule has 0 radical (unpaired) electrons. The molecule has 5 N–H and O–H groups in total. The van der Waals surface area contributed by atoms with Gasteiger partial charge in [-0.3, -0.25) is 4.79 Å². The van der Waals surface area contributed by atoms with Crippen LogP contribution in [0.4, 0.5) is 0 Å². The molecule has 8 heteroatoms. The number of aliphatic hydroxyl groups is 4. The highest BCUT2D eigenvalue weighted by molar-refractivity contribution is 5.78. The van der Waals surface area contributed by atoms with E-state index in [1.807, 2.05) is 0 Å². The lowest BCUT2D eigenvalue weighted by Crippen LogP contribution is -2.50. The van der Waals surface area contributed by atoms with Gasteiger partial charge in [-0.25, -0.2) is 4.79 Å². The van der Waals surface area contributed by atoms with Gasteiger partial charge >= 0.3 is 11.9 Å². The third-order valence-corrected chi connectivity index (χ3v) is 5.48. The molecule has 184 valence electrons. The van der Waals surface area contributed by atoms with Gasteiger partial charge in [0.1, 0.15) is 18.3 Å². The van der Waals surface area contributed by atoms with Gasteiger partial charge in [0.2, 0.25) is 6.10 Å². The molecule has 0 unspecified atom stereocenters. The predicted octanol–water partition coefficient (Wildman–Crippen LogP) is 2.93. The van der Waals surface area contributed by atoms with Gasteiger partial charge in [-0.2, -0.15) is 0 Å². The topological polar surface area (TPSA) is 145 Å². The van der Waals surface area contributed by atoms with Crippen molar-refractivity contribution in [2.45, 2.75) is 128 Å². The fourth-order valence-corrected chi connectivity index (χ4v) is 3.45. The molecule has 0 aliphatic carbocycles. The molecule has 0 spiro atoms. The van der Waals surface area contributed by atoms with E-state index in [2.05, 4.69) is 6.92 Å². The van der Waals surface area contributed by atoms with Gasteiger partial charge < -0.3 is 30.3 Å². The normalized spacial score (nSPS) is 15.3. The standard InChI is InChI=1S/C23H44O8/c1-2-3-4-5-6-7-8-9-10-11-12-13-14-15-16-19(26)31-22(23(29)30)21(28)20(27)18(25)17-24/h18,20-22,24-25,27-28H,2-17H2,1H3,(H,29,30)/t18-,20+,21+,22-/m1/s1. The number of carboxylic acids is 1. The minimum Gasteiger partial charge on any atom is -0.478 e. The highest BCUT2D eigenvalue weighted by atomic mass is 16.6. The summed E-state index contributed by atoms with van der Waals surface area (Å²) < 4.78 is 4.76. The van der Waals surface area contributed by atoms with Crippen molar-refractivity contribution in [3.8, 4) is 0 Å². The molecule has 0 rings (SSSR count). The summed E-state index contributed by atoms with van der Waals surface area (Å²) in [6, 6.07) is 0. The highest BCUT2D eigenvalue weighted by Gasteiger charge is 2.38. The van der Waals surface area contributed by atoms with E-state index in [-0.39, 0.29) is 6.42 Å². The van der Waals surface area contributed by atoms with Crippen LogP contribution in [0.15, 0.2) is 0 Å². The van der Waals surface area contributed by atoms with Crippen LogP contribution >= 0.6 is 0 Å². The first kappa shape index (κ1) is 29.8. The lowest BCUT2D eigenvalue weighted by Gasteiger charge is -2.26. The predicted molar refractivity (Wildman–Crippen MR) is 118 cm³/mol. The lowest BCUT2D eigenvalue weighted by molar-refractivity contribution is -0.182. The summed E-state index contributed by atoms with van der Waals surface area (Å²) in [6.45, 7) is 1.37. The molecule has 0 aliphatic rings. The molecule has 0 aromatic heterocycles. The van der Waals surface area contributed by atoms with E-state index < -0.39 is 43.0 Å². The average Bonchev–Trinajstić information content (AvgIpc) is 2.75. The summed E-state index contributed by atoms with van der Waals surface area (Å²) in [6.07, 6.45) is 8.79. The Hall–Kier alpha value is -1.22. The van der Waals surface area contributed by atoms with Crippen molar-refractivity contribution < 1.29 is 39.9 Å². The third-order valence-electron chi connectivity index (χ3n) is 5.48. The molecule has 0 amide bonds. The first-order valence-corrected chi connectivity index (χ1v) is 11.9.